The van der Waals surface area contributed by atoms with E-state index >= 15 is 0 Å². The SMILES string of the molecule is C[C@@H](CO)NC(=O)C1CCCN(C(=O)C2CC2)C1. The first-order valence-corrected chi connectivity index (χ1v) is 6.82. The van der Waals surface area contributed by atoms with E-state index in [1.54, 1.807) is 6.92 Å². The summed E-state index contributed by atoms with van der Waals surface area (Å²) >= 11 is 0. The summed E-state index contributed by atoms with van der Waals surface area (Å²) < 4.78 is 0. The summed E-state index contributed by atoms with van der Waals surface area (Å²) in [5, 5.41) is 11.7. The first kappa shape index (κ1) is 13.3. The highest BCUT2D eigenvalue weighted by molar-refractivity contribution is 5.83. The van der Waals surface area contributed by atoms with Gasteiger partial charge in [-0.3, -0.25) is 9.59 Å². The molecule has 2 fully saturated rings. The monoisotopic (exact) mass is 254 g/mol. The van der Waals surface area contributed by atoms with Gasteiger partial charge in [-0.2, -0.15) is 0 Å². The maximum atomic E-state index is 12.0. The lowest BCUT2D eigenvalue weighted by Gasteiger charge is -2.32. The van der Waals surface area contributed by atoms with Crippen LogP contribution in [0.15, 0.2) is 0 Å². The highest BCUT2D eigenvalue weighted by Crippen LogP contribution is 2.32. The maximum absolute atomic E-state index is 12.0. The Labute approximate surface area is 108 Å². The molecule has 0 aromatic rings. The molecule has 1 aliphatic carbocycles. The summed E-state index contributed by atoms with van der Waals surface area (Å²) in [5.41, 5.74) is 0. The Bertz CT molecular complexity index is 328. The standard InChI is InChI=1S/C13H22N2O3/c1-9(8-16)14-12(17)11-3-2-6-15(7-11)13(18)10-4-5-10/h9-11,16H,2-8H2,1H3,(H,14,17)/t9-,11?/m0/s1. The van der Waals surface area contributed by atoms with Crippen molar-refractivity contribution in [2.24, 2.45) is 11.8 Å². The number of nitrogens with zero attached hydrogens (tertiary/aromatic N) is 1. The van der Waals surface area contributed by atoms with E-state index in [2.05, 4.69) is 5.32 Å². The molecule has 0 radical (unpaired) electrons. The van der Waals surface area contributed by atoms with Gasteiger partial charge in [0.25, 0.3) is 0 Å². The van der Waals surface area contributed by atoms with Crippen molar-refractivity contribution < 1.29 is 14.7 Å². The topological polar surface area (TPSA) is 69.6 Å². The summed E-state index contributed by atoms with van der Waals surface area (Å²) in [7, 11) is 0. The van der Waals surface area contributed by atoms with Gasteiger partial charge in [0.05, 0.1) is 12.5 Å². The van der Waals surface area contributed by atoms with Gasteiger partial charge in [-0.05, 0) is 32.6 Å². The van der Waals surface area contributed by atoms with E-state index < -0.39 is 0 Å². The molecular formula is C13H22N2O3. The van der Waals surface area contributed by atoms with E-state index in [-0.39, 0.29) is 36.3 Å². The normalized spacial score (nSPS) is 25.7. The molecule has 18 heavy (non-hydrogen) atoms. The molecule has 1 aliphatic heterocycles. The minimum absolute atomic E-state index is 0.0372. The zero-order valence-electron chi connectivity index (χ0n) is 10.9. The van der Waals surface area contributed by atoms with Crippen LogP contribution in [0.4, 0.5) is 0 Å². The van der Waals surface area contributed by atoms with Crippen molar-refractivity contribution in [3.63, 3.8) is 0 Å². The lowest BCUT2D eigenvalue weighted by atomic mass is 9.96. The second-order valence-corrected chi connectivity index (χ2v) is 5.49. The van der Waals surface area contributed by atoms with Gasteiger partial charge in [-0.25, -0.2) is 0 Å². The minimum atomic E-state index is -0.216. The van der Waals surface area contributed by atoms with Crippen molar-refractivity contribution in [2.45, 2.75) is 38.6 Å². The van der Waals surface area contributed by atoms with Crippen LogP contribution in [0, 0.1) is 11.8 Å². The molecular weight excluding hydrogens is 232 g/mol. The molecule has 0 bridgehead atoms. The Morgan fingerprint density at radius 2 is 2.06 bits per heavy atom. The van der Waals surface area contributed by atoms with Crippen LogP contribution in [0.1, 0.15) is 32.6 Å². The van der Waals surface area contributed by atoms with Gasteiger partial charge in [0.1, 0.15) is 0 Å². The Hall–Kier alpha value is -1.10. The summed E-state index contributed by atoms with van der Waals surface area (Å²) in [5.74, 6) is 0.297. The van der Waals surface area contributed by atoms with Crippen molar-refractivity contribution in [1.82, 2.24) is 10.2 Å². The quantitative estimate of drug-likeness (QED) is 0.749. The molecule has 2 rings (SSSR count). The van der Waals surface area contributed by atoms with E-state index in [1.165, 1.54) is 0 Å². The van der Waals surface area contributed by atoms with Crippen LogP contribution in [0.2, 0.25) is 0 Å². The average molecular weight is 254 g/mol. The molecule has 2 aliphatic rings. The van der Waals surface area contributed by atoms with E-state index in [0.29, 0.717) is 6.54 Å². The molecule has 2 N–H and O–H groups in total. The first-order chi connectivity index (χ1) is 8.61. The predicted molar refractivity (Wildman–Crippen MR) is 66.7 cm³/mol. The van der Waals surface area contributed by atoms with Crippen LogP contribution < -0.4 is 5.32 Å². The highest BCUT2D eigenvalue weighted by Gasteiger charge is 2.36. The lowest BCUT2D eigenvalue weighted by Crippen LogP contribution is -2.48. The molecule has 1 unspecified atom stereocenters. The fraction of sp³-hybridized carbons (Fsp3) is 0.846. The first-order valence-electron chi connectivity index (χ1n) is 6.82. The second-order valence-electron chi connectivity index (χ2n) is 5.49. The number of rotatable bonds is 4. The number of hydrogen-bond donors (Lipinski definition) is 2. The fourth-order valence-corrected chi connectivity index (χ4v) is 2.39. The van der Waals surface area contributed by atoms with Crippen LogP contribution in [-0.4, -0.2) is 47.6 Å². The molecule has 2 amide bonds. The molecule has 2 atom stereocenters. The van der Waals surface area contributed by atoms with E-state index in [9.17, 15) is 9.59 Å². The molecule has 1 saturated carbocycles. The fourth-order valence-electron chi connectivity index (χ4n) is 2.39. The van der Waals surface area contributed by atoms with Crippen LogP contribution in [0.3, 0.4) is 0 Å². The zero-order valence-corrected chi connectivity index (χ0v) is 10.9. The third-order valence-corrected chi connectivity index (χ3v) is 3.69. The highest BCUT2D eigenvalue weighted by atomic mass is 16.3. The molecule has 1 heterocycles. The van der Waals surface area contributed by atoms with Gasteiger partial charge in [0.2, 0.25) is 11.8 Å². The number of likely N-dealkylation sites (tertiary alicyclic amines) is 1. The van der Waals surface area contributed by atoms with Gasteiger partial charge in [0.15, 0.2) is 0 Å². The maximum Gasteiger partial charge on any atom is 0.225 e. The molecule has 1 saturated heterocycles. The number of carbonyl (C=O) groups is 2. The van der Waals surface area contributed by atoms with Gasteiger partial charge >= 0.3 is 0 Å². The Balaban J connectivity index is 1.85. The van der Waals surface area contributed by atoms with E-state index in [1.807, 2.05) is 4.90 Å². The molecule has 102 valence electrons. The minimum Gasteiger partial charge on any atom is -0.394 e. The van der Waals surface area contributed by atoms with Gasteiger partial charge in [-0.1, -0.05) is 0 Å². The smallest absolute Gasteiger partial charge is 0.225 e. The summed E-state index contributed by atoms with van der Waals surface area (Å²) in [6.07, 6.45) is 3.74. The van der Waals surface area contributed by atoms with Crippen molar-refractivity contribution in [2.75, 3.05) is 19.7 Å². The van der Waals surface area contributed by atoms with Gasteiger partial charge < -0.3 is 15.3 Å². The van der Waals surface area contributed by atoms with E-state index in [4.69, 9.17) is 5.11 Å². The van der Waals surface area contributed by atoms with Crippen LogP contribution in [-0.2, 0) is 9.59 Å². The largest absolute Gasteiger partial charge is 0.394 e. The predicted octanol–water partition coefficient (Wildman–Crippen LogP) is 0.132. The van der Waals surface area contributed by atoms with E-state index in [0.717, 1.165) is 32.2 Å². The molecule has 5 nitrogen and oxygen atoms in total. The Morgan fingerprint density at radius 3 is 2.67 bits per heavy atom. The zero-order chi connectivity index (χ0) is 13.1. The van der Waals surface area contributed by atoms with Crippen LogP contribution in [0.25, 0.3) is 0 Å². The van der Waals surface area contributed by atoms with Gasteiger partial charge in [0, 0.05) is 25.0 Å². The van der Waals surface area contributed by atoms with Crippen LogP contribution in [0.5, 0.6) is 0 Å². The number of aliphatic hydroxyl groups excluding tert-OH is 1. The number of aliphatic hydroxyl groups is 1. The number of amides is 2. The van der Waals surface area contributed by atoms with Gasteiger partial charge in [-0.15, -0.1) is 0 Å². The van der Waals surface area contributed by atoms with Crippen molar-refractivity contribution in [3.8, 4) is 0 Å². The number of hydrogen-bond acceptors (Lipinski definition) is 3. The van der Waals surface area contributed by atoms with Crippen molar-refractivity contribution >= 4 is 11.8 Å². The Kier molecular flexibility index (Phi) is 4.22. The summed E-state index contributed by atoms with van der Waals surface area (Å²) in [6, 6.07) is -0.216. The average Bonchev–Trinajstić information content (AvgIpc) is 3.22. The number of carbonyl (C=O) groups excluding carboxylic acids is 2. The third-order valence-electron chi connectivity index (χ3n) is 3.69. The van der Waals surface area contributed by atoms with Crippen LogP contribution >= 0.6 is 0 Å². The third kappa shape index (κ3) is 3.22. The molecule has 0 spiro atoms. The summed E-state index contributed by atoms with van der Waals surface area (Å²) in [4.78, 5) is 25.8. The summed E-state index contributed by atoms with van der Waals surface area (Å²) in [6.45, 7) is 3.05. The molecule has 5 heteroatoms. The molecule has 0 aromatic heterocycles. The lowest BCUT2D eigenvalue weighted by molar-refractivity contribution is -0.137. The Morgan fingerprint density at radius 1 is 1.33 bits per heavy atom. The van der Waals surface area contributed by atoms with Crippen molar-refractivity contribution in [3.05, 3.63) is 0 Å². The number of nitrogens with one attached hydrogen (secondary N) is 1. The second kappa shape index (κ2) is 5.69. The number of piperidine rings is 1. The molecule has 0 aromatic carbocycles. The van der Waals surface area contributed by atoms with Crippen molar-refractivity contribution in [1.29, 1.82) is 0 Å².